The normalized spacial score (nSPS) is 15.7. The Morgan fingerprint density at radius 3 is 2.57 bits per heavy atom. The molecule has 0 aliphatic carbocycles. The van der Waals surface area contributed by atoms with Crippen molar-refractivity contribution in [3.63, 3.8) is 0 Å². The van der Waals surface area contributed by atoms with Gasteiger partial charge in [-0.15, -0.1) is 11.8 Å². The van der Waals surface area contributed by atoms with Crippen molar-refractivity contribution in [3.05, 3.63) is 87.3 Å². The van der Waals surface area contributed by atoms with Gasteiger partial charge in [-0.3, -0.25) is 14.2 Å². The summed E-state index contributed by atoms with van der Waals surface area (Å²) >= 11 is 1.74. The number of benzene rings is 2. The summed E-state index contributed by atoms with van der Waals surface area (Å²) in [6.45, 7) is 5.04. The molecule has 4 aromatic rings. The molecule has 2 aromatic carbocycles. The van der Waals surface area contributed by atoms with E-state index in [-0.39, 0.29) is 19.0 Å². The summed E-state index contributed by atoms with van der Waals surface area (Å²) in [5, 5.41) is 0.357. The Kier molecular flexibility index (Phi) is 6.34. The molecule has 0 saturated carbocycles. The molecule has 0 N–H and O–H groups in total. The molecular formula is C26H27N5O3S. The fourth-order valence-electron chi connectivity index (χ4n) is 4.49. The van der Waals surface area contributed by atoms with Gasteiger partial charge in [0.25, 0.3) is 5.56 Å². The van der Waals surface area contributed by atoms with Crippen molar-refractivity contribution in [2.24, 2.45) is 0 Å². The number of hydrogen-bond donors (Lipinski definition) is 0. The first-order valence-corrected chi connectivity index (χ1v) is 12.6. The molecular weight excluding hydrogens is 462 g/mol. The predicted octanol–water partition coefficient (Wildman–Crippen LogP) is 3.35. The molecule has 9 heteroatoms. The number of fused-ring (bicyclic) bond motifs is 2. The lowest BCUT2D eigenvalue weighted by molar-refractivity contribution is -0.119. The van der Waals surface area contributed by atoms with Crippen LogP contribution in [0.4, 0.5) is 5.69 Å². The lowest BCUT2D eigenvalue weighted by Crippen LogP contribution is -2.45. The molecule has 0 saturated heterocycles. The van der Waals surface area contributed by atoms with E-state index in [9.17, 15) is 14.4 Å². The van der Waals surface area contributed by atoms with Crippen LogP contribution in [0.3, 0.4) is 0 Å². The zero-order valence-electron chi connectivity index (χ0n) is 19.8. The summed E-state index contributed by atoms with van der Waals surface area (Å²) in [5.74, 6) is -0.278. The van der Waals surface area contributed by atoms with E-state index < -0.39 is 11.2 Å². The number of hydrogen-bond acceptors (Lipinski definition) is 5. The van der Waals surface area contributed by atoms with Gasteiger partial charge in [0.15, 0.2) is 11.2 Å². The van der Waals surface area contributed by atoms with E-state index in [4.69, 9.17) is 0 Å². The second-order valence-corrected chi connectivity index (χ2v) is 10.2. The number of para-hydroxylation sites is 1. The number of nitrogens with zero attached hydrogens (tertiary/aromatic N) is 5. The largest absolute Gasteiger partial charge is 0.333 e. The first kappa shape index (κ1) is 23.2. The van der Waals surface area contributed by atoms with Crippen molar-refractivity contribution in [3.8, 4) is 0 Å². The Labute approximate surface area is 206 Å². The quantitative estimate of drug-likeness (QED) is 0.429. The Balaban J connectivity index is 1.60. The zero-order chi connectivity index (χ0) is 24.5. The van der Waals surface area contributed by atoms with Crippen LogP contribution in [0.5, 0.6) is 0 Å². The number of amides is 1. The van der Waals surface area contributed by atoms with Gasteiger partial charge in [-0.05, 0) is 31.0 Å². The molecule has 35 heavy (non-hydrogen) atoms. The van der Waals surface area contributed by atoms with Crippen molar-refractivity contribution in [1.82, 2.24) is 18.7 Å². The maximum Gasteiger partial charge on any atom is 0.333 e. The molecule has 0 unspecified atom stereocenters. The third-order valence-corrected chi connectivity index (χ3v) is 7.58. The summed E-state index contributed by atoms with van der Waals surface area (Å²) in [5.41, 5.74) is 1.37. The number of anilines is 1. The molecule has 2 aromatic heterocycles. The highest BCUT2D eigenvalue weighted by Gasteiger charge is 2.26. The minimum atomic E-state index is -0.535. The Morgan fingerprint density at radius 1 is 1.06 bits per heavy atom. The third-order valence-electron chi connectivity index (χ3n) is 6.35. The molecule has 1 amide bonds. The standard InChI is InChI=1S/C26H27N5O3S/c1-3-28-17-27-24-23(28)25(33)31(26(34)30(24)15-19-9-5-4-6-10-19)16-22(32)29-14-13-18(2)35-21-12-8-7-11-20(21)29/h4-12,17-18H,3,13-16H2,1-2H3/t18-/m1/s1. The highest BCUT2D eigenvalue weighted by molar-refractivity contribution is 8.00. The number of rotatable bonds is 5. The molecule has 1 atom stereocenters. The number of imidazole rings is 1. The molecule has 8 nitrogen and oxygen atoms in total. The van der Waals surface area contributed by atoms with Crippen molar-refractivity contribution < 1.29 is 4.79 Å². The summed E-state index contributed by atoms with van der Waals surface area (Å²) in [6, 6.07) is 17.3. The zero-order valence-corrected chi connectivity index (χ0v) is 20.6. The average molecular weight is 490 g/mol. The Morgan fingerprint density at radius 2 is 1.80 bits per heavy atom. The van der Waals surface area contributed by atoms with Crippen LogP contribution < -0.4 is 16.1 Å². The lowest BCUT2D eigenvalue weighted by atomic mass is 10.2. The topological polar surface area (TPSA) is 82.1 Å². The van der Waals surface area contributed by atoms with Crippen LogP contribution >= 0.6 is 11.8 Å². The summed E-state index contributed by atoms with van der Waals surface area (Å²) in [6.07, 6.45) is 2.39. The first-order valence-electron chi connectivity index (χ1n) is 11.8. The van der Waals surface area contributed by atoms with Crippen molar-refractivity contribution in [2.45, 2.75) is 50.0 Å². The van der Waals surface area contributed by atoms with E-state index in [0.717, 1.165) is 27.1 Å². The van der Waals surface area contributed by atoms with Crippen LogP contribution in [0.1, 0.15) is 25.8 Å². The first-order chi connectivity index (χ1) is 17.0. The van der Waals surface area contributed by atoms with Crippen LogP contribution in [0.2, 0.25) is 0 Å². The smallest absolute Gasteiger partial charge is 0.325 e. The number of thioether (sulfide) groups is 1. The number of carbonyl (C=O) groups is 1. The van der Waals surface area contributed by atoms with E-state index in [2.05, 4.69) is 11.9 Å². The fraction of sp³-hybridized carbons (Fsp3) is 0.308. The second-order valence-electron chi connectivity index (χ2n) is 8.68. The fourth-order valence-corrected chi connectivity index (χ4v) is 5.61. The van der Waals surface area contributed by atoms with Crippen LogP contribution in [0.15, 0.2) is 75.4 Å². The maximum atomic E-state index is 13.6. The van der Waals surface area contributed by atoms with Gasteiger partial charge in [0.05, 0.1) is 18.6 Å². The second kappa shape index (κ2) is 9.58. The monoisotopic (exact) mass is 489 g/mol. The molecule has 0 bridgehead atoms. The van der Waals surface area contributed by atoms with Crippen LogP contribution in [-0.4, -0.2) is 36.4 Å². The summed E-state index contributed by atoms with van der Waals surface area (Å²) in [4.78, 5) is 47.8. The number of carbonyl (C=O) groups excluding carboxylic acids is 1. The van der Waals surface area contributed by atoms with Gasteiger partial charge in [0.1, 0.15) is 6.54 Å². The van der Waals surface area contributed by atoms with Gasteiger partial charge in [-0.1, -0.05) is 49.4 Å². The number of aryl methyl sites for hydroxylation is 1. The molecule has 0 spiro atoms. The minimum Gasteiger partial charge on any atom is -0.325 e. The summed E-state index contributed by atoms with van der Waals surface area (Å²) in [7, 11) is 0. The van der Waals surface area contributed by atoms with E-state index >= 15 is 0 Å². The van der Waals surface area contributed by atoms with Gasteiger partial charge in [0.2, 0.25) is 5.91 Å². The van der Waals surface area contributed by atoms with Crippen molar-refractivity contribution in [2.75, 3.05) is 11.4 Å². The van der Waals surface area contributed by atoms with E-state index in [1.165, 1.54) is 4.57 Å². The van der Waals surface area contributed by atoms with Crippen molar-refractivity contribution >= 4 is 34.5 Å². The van der Waals surface area contributed by atoms with Crippen LogP contribution in [0.25, 0.3) is 11.2 Å². The van der Waals surface area contributed by atoms with Gasteiger partial charge >= 0.3 is 5.69 Å². The SMILES string of the molecule is CCn1cnc2c1c(=O)n(CC(=O)N1CC[C@@H](C)Sc3ccccc31)c(=O)n2Cc1ccccc1. The number of aromatic nitrogens is 4. The molecule has 1 aliphatic rings. The molecule has 0 radical (unpaired) electrons. The van der Waals surface area contributed by atoms with Gasteiger partial charge in [0, 0.05) is 23.2 Å². The molecule has 0 fully saturated rings. The molecule has 1 aliphatic heterocycles. The van der Waals surface area contributed by atoms with E-state index in [1.54, 1.807) is 27.6 Å². The van der Waals surface area contributed by atoms with E-state index in [0.29, 0.717) is 29.5 Å². The lowest BCUT2D eigenvalue weighted by Gasteiger charge is -2.23. The van der Waals surface area contributed by atoms with Gasteiger partial charge in [-0.2, -0.15) is 0 Å². The highest BCUT2D eigenvalue weighted by atomic mass is 32.2. The van der Waals surface area contributed by atoms with Crippen LogP contribution in [-0.2, 0) is 24.4 Å². The Hall–Kier alpha value is -3.59. The third kappa shape index (κ3) is 4.32. The summed E-state index contributed by atoms with van der Waals surface area (Å²) < 4.78 is 4.27. The molecule has 180 valence electrons. The van der Waals surface area contributed by atoms with Crippen molar-refractivity contribution in [1.29, 1.82) is 0 Å². The minimum absolute atomic E-state index is 0.256. The predicted molar refractivity (Wildman–Crippen MR) is 138 cm³/mol. The van der Waals surface area contributed by atoms with Gasteiger partial charge in [-0.25, -0.2) is 14.3 Å². The molecule has 5 rings (SSSR count). The highest BCUT2D eigenvalue weighted by Crippen LogP contribution is 2.37. The van der Waals surface area contributed by atoms with E-state index in [1.807, 2.05) is 61.5 Å². The van der Waals surface area contributed by atoms with Crippen LogP contribution in [0, 0.1) is 0 Å². The Bertz CT molecular complexity index is 1510. The maximum absolute atomic E-state index is 13.6. The average Bonchev–Trinajstić information content (AvgIpc) is 3.22. The molecule has 3 heterocycles. The van der Waals surface area contributed by atoms with Gasteiger partial charge < -0.3 is 9.47 Å².